The zero-order valence-corrected chi connectivity index (χ0v) is 23.4. The van der Waals surface area contributed by atoms with Crippen molar-refractivity contribution in [1.82, 2.24) is 15.1 Å². The van der Waals surface area contributed by atoms with Gasteiger partial charge in [0.1, 0.15) is 22.5 Å². The molecule has 0 saturated carbocycles. The molecule has 0 aliphatic carbocycles. The van der Waals surface area contributed by atoms with Crippen LogP contribution in [0.3, 0.4) is 0 Å². The summed E-state index contributed by atoms with van der Waals surface area (Å²) in [7, 11) is 0. The van der Waals surface area contributed by atoms with Crippen LogP contribution < -0.4 is 20.7 Å². The van der Waals surface area contributed by atoms with Crippen molar-refractivity contribution in [2.24, 2.45) is 0 Å². The Bertz CT molecular complexity index is 1430. The molecule has 0 aliphatic heterocycles. The Labute approximate surface area is 230 Å². The quantitative estimate of drug-likeness (QED) is 0.328. The number of nitrogens with zero attached hydrogens (tertiary/aromatic N) is 2. The predicted octanol–water partition coefficient (Wildman–Crippen LogP) is 6.17. The highest BCUT2D eigenvalue weighted by Crippen LogP contribution is 2.38. The average Bonchev–Trinajstić information content (AvgIpc) is 3.16. The molecule has 0 fully saturated rings. The number of fused-ring (bicyclic) bond motifs is 1. The van der Waals surface area contributed by atoms with Gasteiger partial charge < -0.3 is 24.8 Å². The standard InChI is InChI=1S/C27H33F2N5O6/c1-8-38-21-18(31-23(35)30-14-15-10-9-11-16(28)12-15)13-17-20(19(21)29)34(25(37)40-27(5,6)7)33-22(17)32-24(36)39-26(2,3)4/h9-13H,8,14H2,1-7H3,(H2,30,31,35)(H,32,33,36). The number of ether oxygens (including phenoxy) is 3. The summed E-state index contributed by atoms with van der Waals surface area (Å²) >= 11 is 0. The number of amides is 3. The van der Waals surface area contributed by atoms with Crippen LogP contribution >= 0.6 is 0 Å². The molecule has 1 heterocycles. The lowest BCUT2D eigenvalue weighted by molar-refractivity contribution is 0.0518. The van der Waals surface area contributed by atoms with Crippen LogP contribution in [-0.2, 0) is 16.0 Å². The van der Waals surface area contributed by atoms with Gasteiger partial charge in [-0.2, -0.15) is 4.68 Å². The minimum absolute atomic E-state index is 0.0136. The zero-order valence-electron chi connectivity index (χ0n) is 23.4. The van der Waals surface area contributed by atoms with E-state index in [0.717, 1.165) is 0 Å². The smallest absolute Gasteiger partial charge is 0.435 e. The van der Waals surface area contributed by atoms with Gasteiger partial charge in [-0.25, -0.2) is 23.2 Å². The van der Waals surface area contributed by atoms with E-state index >= 15 is 4.39 Å². The molecular weight excluding hydrogens is 528 g/mol. The number of hydrogen-bond acceptors (Lipinski definition) is 7. The van der Waals surface area contributed by atoms with Crippen LogP contribution in [0.1, 0.15) is 54.0 Å². The monoisotopic (exact) mass is 561 g/mol. The van der Waals surface area contributed by atoms with E-state index in [0.29, 0.717) is 10.2 Å². The van der Waals surface area contributed by atoms with Gasteiger partial charge in [0.05, 0.1) is 17.7 Å². The molecule has 3 amide bonds. The second-order valence-electron chi connectivity index (χ2n) is 10.7. The second kappa shape index (κ2) is 11.8. The summed E-state index contributed by atoms with van der Waals surface area (Å²) in [5.74, 6) is -2.09. The number of anilines is 2. The molecule has 0 bridgehead atoms. The van der Waals surface area contributed by atoms with Crippen LogP contribution in [0.2, 0.25) is 0 Å². The lowest BCUT2D eigenvalue weighted by Crippen LogP contribution is -2.29. The van der Waals surface area contributed by atoms with Crippen molar-refractivity contribution >= 4 is 40.6 Å². The van der Waals surface area contributed by atoms with E-state index in [1.54, 1.807) is 54.5 Å². The molecule has 0 atom stereocenters. The average molecular weight is 562 g/mol. The largest absolute Gasteiger partial charge is 0.489 e. The Morgan fingerprint density at radius 3 is 2.25 bits per heavy atom. The first-order chi connectivity index (χ1) is 18.6. The molecule has 3 aromatic rings. The highest BCUT2D eigenvalue weighted by atomic mass is 19.1. The van der Waals surface area contributed by atoms with Gasteiger partial charge >= 0.3 is 18.2 Å². The van der Waals surface area contributed by atoms with Crippen LogP contribution in [0.4, 0.5) is 34.7 Å². The zero-order chi connectivity index (χ0) is 29.8. The maximum atomic E-state index is 16.0. The molecule has 0 aliphatic rings. The van der Waals surface area contributed by atoms with Crippen LogP contribution in [0.15, 0.2) is 30.3 Å². The topological polar surface area (TPSA) is 133 Å². The molecule has 0 unspecified atom stereocenters. The van der Waals surface area contributed by atoms with Crippen LogP contribution in [0, 0.1) is 11.6 Å². The first kappa shape index (κ1) is 30.1. The van der Waals surface area contributed by atoms with E-state index in [-0.39, 0.29) is 41.3 Å². The second-order valence-corrected chi connectivity index (χ2v) is 10.7. The Morgan fingerprint density at radius 2 is 1.65 bits per heavy atom. The predicted molar refractivity (Wildman–Crippen MR) is 145 cm³/mol. The third-order valence-electron chi connectivity index (χ3n) is 4.93. The first-order valence-corrected chi connectivity index (χ1v) is 12.5. The summed E-state index contributed by atoms with van der Waals surface area (Å²) < 4.78 is 46.2. The molecule has 0 spiro atoms. The van der Waals surface area contributed by atoms with Crippen molar-refractivity contribution in [1.29, 1.82) is 0 Å². The van der Waals surface area contributed by atoms with Gasteiger partial charge in [-0.05, 0) is 72.2 Å². The SMILES string of the molecule is CCOc1c(NC(=O)NCc2cccc(F)c2)cc2c(NC(=O)OC(C)(C)C)nn(C(=O)OC(C)(C)C)c2c1F. The van der Waals surface area contributed by atoms with Crippen LogP contribution in [-0.4, -0.2) is 45.8 Å². The molecule has 216 valence electrons. The van der Waals surface area contributed by atoms with Gasteiger partial charge in [0.15, 0.2) is 17.4 Å². The summed E-state index contributed by atoms with van der Waals surface area (Å²) in [5, 5.41) is 11.5. The van der Waals surface area contributed by atoms with E-state index < -0.39 is 41.1 Å². The maximum Gasteiger partial charge on any atom is 0.435 e. The van der Waals surface area contributed by atoms with Crippen molar-refractivity contribution in [3.8, 4) is 5.75 Å². The number of carbonyl (C=O) groups is 3. The molecule has 13 heteroatoms. The number of aromatic nitrogens is 2. The van der Waals surface area contributed by atoms with E-state index in [1.165, 1.54) is 24.3 Å². The Hall–Kier alpha value is -4.42. The van der Waals surface area contributed by atoms with Crippen molar-refractivity contribution in [2.45, 2.75) is 66.2 Å². The number of halogens is 2. The van der Waals surface area contributed by atoms with Crippen molar-refractivity contribution in [3.63, 3.8) is 0 Å². The summed E-state index contributed by atoms with van der Waals surface area (Å²) in [6, 6.07) is 6.22. The number of carbonyl (C=O) groups excluding carboxylic acids is 3. The number of urea groups is 1. The van der Waals surface area contributed by atoms with Crippen molar-refractivity contribution < 1.29 is 37.4 Å². The third kappa shape index (κ3) is 7.80. The van der Waals surface area contributed by atoms with Gasteiger partial charge in [-0.1, -0.05) is 12.1 Å². The summed E-state index contributed by atoms with van der Waals surface area (Å²) in [6.07, 6.45) is -1.91. The summed E-state index contributed by atoms with van der Waals surface area (Å²) in [4.78, 5) is 38.2. The lowest BCUT2D eigenvalue weighted by Gasteiger charge is -2.19. The number of rotatable bonds is 6. The molecule has 3 N–H and O–H groups in total. The molecule has 2 aromatic carbocycles. The normalized spacial score (nSPS) is 11.6. The van der Waals surface area contributed by atoms with Crippen molar-refractivity contribution in [3.05, 3.63) is 47.5 Å². The number of nitrogens with one attached hydrogen (secondary N) is 3. The van der Waals surface area contributed by atoms with Crippen LogP contribution in [0.5, 0.6) is 5.75 Å². The highest BCUT2D eigenvalue weighted by Gasteiger charge is 2.29. The number of hydrogen-bond donors (Lipinski definition) is 3. The van der Waals surface area contributed by atoms with Gasteiger partial charge in [0.2, 0.25) is 0 Å². The van der Waals surface area contributed by atoms with Gasteiger partial charge in [0, 0.05) is 6.54 Å². The molecule has 0 saturated heterocycles. The van der Waals surface area contributed by atoms with Gasteiger partial charge in [0.25, 0.3) is 0 Å². The van der Waals surface area contributed by atoms with E-state index in [4.69, 9.17) is 14.2 Å². The fourth-order valence-electron chi connectivity index (χ4n) is 3.52. The van der Waals surface area contributed by atoms with E-state index in [1.807, 2.05) is 0 Å². The Morgan fingerprint density at radius 1 is 0.975 bits per heavy atom. The van der Waals surface area contributed by atoms with E-state index in [9.17, 15) is 18.8 Å². The maximum absolute atomic E-state index is 16.0. The Kier molecular flexibility index (Phi) is 8.86. The molecule has 1 aromatic heterocycles. The van der Waals surface area contributed by atoms with Gasteiger partial charge in [-0.15, -0.1) is 5.10 Å². The minimum atomic E-state index is -1.03. The molecular formula is C27H33F2N5O6. The molecule has 11 nitrogen and oxygen atoms in total. The fourth-order valence-corrected chi connectivity index (χ4v) is 3.52. The summed E-state index contributed by atoms with van der Waals surface area (Å²) in [5.41, 5.74) is -1.75. The summed E-state index contributed by atoms with van der Waals surface area (Å²) in [6.45, 7) is 11.5. The first-order valence-electron chi connectivity index (χ1n) is 12.5. The van der Waals surface area contributed by atoms with Crippen LogP contribution in [0.25, 0.3) is 10.9 Å². The molecule has 40 heavy (non-hydrogen) atoms. The van der Waals surface area contributed by atoms with E-state index in [2.05, 4.69) is 21.0 Å². The third-order valence-corrected chi connectivity index (χ3v) is 4.93. The highest BCUT2D eigenvalue weighted by molar-refractivity contribution is 6.05. The number of benzene rings is 2. The fraction of sp³-hybridized carbons (Fsp3) is 0.407. The van der Waals surface area contributed by atoms with Gasteiger partial charge in [-0.3, -0.25) is 5.32 Å². The molecule has 0 radical (unpaired) electrons. The minimum Gasteiger partial charge on any atom is -0.489 e. The molecule has 3 rings (SSSR count). The lowest BCUT2D eigenvalue weighted by atomic mass is 10.2. The van der Waals surface area contributed by atoms with Crippen molar-refractivity contribution in [2.75, 3.05) is 17.2 Å². The Balaban J connectivity index is 2.06.